The van der Waals surface area contributed by atoms with Crippen molar-refractivity contribution in [2.24, 2.45) is 0 Å². The Balaban J connectivity index is 2.16. The Kier molecular flexibility index (Phi) is 2.40. The largest absolute Gasteiger partial charge is 0.350 e. The van der Waals surface area contributed by atoms with E-state index in [1.54, 1.807) is 6.33 Å². The first-order valence-corrected chi connectivity index (χ1v) is 5.93. The lowest BCUT2D eigenvalue weighted by atomic mass is 10.2. The number of anilines is 3. The van der Waals surface area contributed by atoms with Crippen LogP contribution in [0.25, 0.3) is 0 Å². The van der Waals surface area contributed by atoms with Gasteiger partial charge in [0.15, 0.2) is 5.82 Å². The van der Waals surface area contributed by atoms with Gasteiger partial charge in [-0.15, -0.1) is 0 Å². The third-order valence-electron chi connectivity index (χ3n) is 3.49. The zero-order chi connectivity index (χ0) is 12.7. The first-order valence-electron chi connectivity index (χ1n) is 5.93. The van der Waals surface area contributed by atoms with E-state index >= 15 is 0 Å². The average molecular weight is 241 g/mol. The zero-order valence-electron chi connectivity index (χ0n) is 10.7. The third-order valence-corrected chi connectivity index (χ3v) is 3.49. The average Bonchev–Trinajstić information content (AvgIpc) is 2.64. The summed E-state index contributed by atoms with van der Waals surface area (Å²) in [4.78, 5) is 17.1. The molecule has 0 saturated heterocycles. The van der Waals surface area contributed by atoms with Crippen LogP contribution in [0.2, 0.25) is 0 Å². The molecule has 2 aromatic rings. The second-order valence-corrected chi connectivity index (χ2v) is 4.51. The highest BCUT2D eigenvalue weighted by Gasteiger charge is 2.33. The summed E-state index contributed by atoms with van der Waals surface area (Å²) in [6, 6.07) is 2.02. The van der Waals surface area contributed by atoms with Crippen molar-refractivity contribution in [1.82, 2.24) is 15.0 Å². The summed E-state index contributed by atoms with van der Waals surface area (Å²) in [7, 11) is 2.05. The second-order valence-electron chi connectivity index (χ2n) is 4.51. The molecule has 0 fully saturated rings. The first kappa shape index (κ1) is 11.0. The van der Waals surface area contributed by atoms with Gasteiger partial charge < -0.3 is 9.80 Å². The zero-order valence-corrected chi connectivity index (χ0v) is 10.7. The molecule has 2 aromatic heterocycles. The van der Waals surface area contributed by atoms with Crippen molar-refractivity contribution in [2.75, 3.05) is 16.8 Å². The minimum Gasteiger partial charge on any atom is -0.350 e. The van der Waals surface area contributed by atoms with E-state index in [0.29, 0.717) is 0 Å². The molecule has 0 spiro atoms. The summed E-state index contributed by atoms with van der Waals surface area (Å²) in [6.45, 7) is 4.23. The monoisotopic (exact) mass is 241 g/mol. The van der Waals surface area contributed by atoms with Crippen LogP contribution in [-0.4, -0.2) is 28.2 Å². The number of nitrogens with zero attached hydrogens (tertiary/aromatic N) is 5. The molecule has 92 valence electrons. The fourth-order valence-corrected chi connectivity index (χ4v) is 2.32. The van der Waals surface area contributed by atoms with Crippen molar-refractivity contribution in [3.63, 3.8) is 0 Å². The van der Waals surface area contributed by atoms with Crippen molar-refractivity contribution in [3.8, 4) is 0 Å². The standard InChI is InChI=1S/C13H15N5/c1-9-4-5-14-6-11(9)18-10(2)17(3)12-7-15-8-16-13(12)18/h4-8,10H,1-3H3. The number of hydrogen-bond donors (Lipinski definition) is 0. The van der Waals surface area contributed by atoms with Gasteiger partial charge in [-0.25, -0.2) is 9.97 Å². The van der Waals surface area contributed by atoms with E-state index in [9.17, 15) is 0 Å². The summed E-state index contributed by atoms with van der Waals surface area (Å²) < 4.78 is 0. The Hall–Kier alpha value is -2.17. The molecule has 5 nitrogen and oxygen atoms in total. The maximum atomic E-state index is 4.40. The minimum atomic E-state index is 0.208. The summed E-state index contributed by atoms with van der Waals surface area (Å²) in [6.07, 6.45) is 7.34. The van der Waals surface area contributed by atoms with Gasteiger partial charge in [-0.3, -0.25) is 4.98 Å². The summed E-state index contributed by atoms with van der Waals surface area (Å²) in [5, 5.41) is 0. The molecule has 0 aromatic carbocycles. The Morgan fingerprint density at radius 1 is 1.17 bits per heavy atom. The molecule has 0 bridgehead atoms. The van der Waals surface area contributed by atoms with Gasteiger partial charge in [-0.2, -0.15) is 0 Å². The van der Waals surface area contributed by atoms with Gasteiger partial charge in [0.25, 0.3) is 0 Å². The lowest BCUT2D eigenvalue weighted by Crippen LogP contribution is -2.36. The van der Waals surface area contributed by atoms with Crippen LogP contribution in [0, 0.1) is 6.92 Å². The quantitative estimate of drug-likeness (QED) is 0.765. The predicted octanol–water partition coefficient (Wildman–Crippen LogP) is 2.11. The van der Waals surface area contributed by atoms with E-state index < -0.39 is 0 Å². The Morgan fingerprint density at radius 2 is 1.94 bits per heavy atom. The van der Waals surface area contributed by atoms with Crippen molar-refractivity contribution >= 4 is 17.2 Å². The number of aryl methyl sites for hydroxylation is 1. The van der Waals surface area contributed by atoms with Gasteiger partial charge in [0.05, 0.1) is 18.1 Å². The van der Waals surface area contributed by atoms with E-state index in [0.717, 1.165) is 17.2 Å². The molecule has 18 heavy (non-hydrogen) atoms. The highest BCUT2D eigenvalue weighted by atomic mass is 15.4. The Bertz CT molecular complexity index is 583. The number of rotatable bonds is 1. The first-order chi connectivity index (χ1) is 8.70. The van der Waals surface area contributed by atoms with Gasteiger partial charge in [0, 0.05) is 13.2 Å². The SMILES string of the molecule is Cc1ccncc1N1c2ncncc2N(C)C1C. The number of fused-ring (bicyclic) bond motifs is 1. The second kappa shape index (κ2) is 3.94. The van der Waals surface area contributed by atoms with E-state index in [1.165, 1.54) is 5.56 Å². The Morgan fingerprint density at radius 3 is 2.72 bits per heavy atom. The molecule has 1 aliphatic rings. The number of pyridine rings is 1. The Labute approximate surface area is 106 Å². The fourth-order valence-electron chi connectivity index (χ4n) is 2.32. The summed E-state index contributed by atoms with van der Waals surface area (Å²) in [5.41, 5.74) is 3.33. The van der Waals surface area contributed by atoms with Gasteiger partial charge in [0.1, 0.15) is 18.2 Å². The minimum absolute atomic E-state index is 0.208. The highest BCUT2D eigenvalue weighted by Crippen LogP contribution is 2.41. The molecule has 5 heteroatoms. The van der Waals surface area contributed by atoms with Crippen LogP contribution < -0.4 is 9.80 Å². The van der Waals surface area contributed by atoms with Crippen LogP contribution in [0.3, 0.4) is 0 Å². The molecule has 0 saturated carbocycles. The molecule has 0 amide bonds. The van der Waals surface area contributed by atoms with Gasteiger partial charge in [-0.05, 0) is 25.5 Å². The molecule has 3 rings (SSSR count). The molecule has 1 atom stereocenters. The predicted molar refractivity (Wildman–Crippen MR) is 71.0 cm³/mol. The highest BCUT2D eigenvalue weighted by molar-refractivity contribution is 5.80. The molecule has 0 N–H and O–H groups in total. The normalized spacial score (nSPS) is 18.1. The van der Waals surface area contributed by atoms with Gasteiger partial charge >= 0.3 is 0 Å². The van der Waals surface area contributed by atoms with E-state index in [4.69, 9.17) is 0 Å². The van der Waals surface area contributed by atoms with Crippen LogP contribution in [-0.2, 0) is 0 Å². The van der Waals surface area contributed by atoms with Crippen LogP contribution in [0.5, 0.6) is 0 Å². The molecule has 0 aliphatic carbocycles. The van der Waals surface area contributed by atoms with Crippen LogP contribution in [0.4, 0.5) is 17.2 Å². The van der Waals surface area contributed by atoms with Crippen LogP contribution in [0.1, 0.15) is 12.5 Å². The van der Waals surface area contributed by atoms with Crippen molar-refractivity contribution in [2.45, 2.75) is 20.0 Å². The van der Waals surface area contributed by atoms with Crippen LogP contribution in [0.15, 0.2) is 31.0 Å². The van der Waals surface area contributed by atoms with Crippen molar-refractivity contribution in [1.29, 1.82) is 0 Å². The lowest BCUT2D eigenvalue weighted by Gasteiger charge is -2.27. The molecular weight excluding hydrogens is 226 g/mol. The lowest BCUT2D eigenvalue weighted by molar-refractivity contribution is 0.728. The molecule has 1 unspecified atom stereocenters. The summed E-state index contributed by atoms with van der Waals surface area (Å²) >= 11 is 0. The number of hydrogen-bond acceptors (Lipinski definition) is 5. The maximum absolute atomic E-state index is 4.40. The van der Waals surface area contributed by atoms with E-state index in [1.807, 2.05) is 24.7 Å². The van der Waals surface area contributed by atoms with Gasteiger partial charge in [0.2, 0.25) is 0 Å². The fraction of sp³-hybridized carbons (Fsp3) is 0.308. The van der Waals surface area contributed by atoms with Crippen LogP contribution >= 0.6 is 0 Å². The van der Waals surface area contributed by atoms with E-state index in [2.05, 4.69) is 45.6 Å². The van der Waals surface area contributed by atoms with E-state index in [-0.39, 0.29) is 6.17 Å². The number of aromatic nitrogens is 3. The molecule has 3 heterocycles. The molecular formula is C13H15N5. The smallest absolute Gasteiger partial charge is 0.161 e. The third kappa shape index (κ3) is 1.44. The molecule has 0 radical (unpaired) electrons. The van der Waals surface area contributed by atoms with Crippen molar-refractivity contribution < 1.29 is 0 Å². The summed E-state index contributed by atoms with van der Waals surface area (Å²) in [5.74, 6) is 0.941. The molecule has 1 aliphatic heterocycles. The maximum Gasteiger partial charge on any atom is 0.161 e. The topological polar surface area (TPSA) is 45.2 Å². The van der Waals surface area contributed by atoms with Crippen molar-refractivity contribution in [3.05, 3.63) is 36.5 Å². The van der Waals surface area contributed by atoms with Gasteiger partial charge in [-0.1, -0.05) is 0 Å².